The number of rotatable bonds is 4. The molecule has 5 heteroatoms. The van der Waals surface area contributed by atoms with Crippen molar-refractivity contribution in [3.05, 3.63) is 52.8 Å². The summed E-state index contributed by atoms with van der Waals surface area (Å²) in [6, 6.07) is 4.82. The first-order chi connectivity index (χ1) is 8.19. The van der Waals surface area contributed by atoms with E-state index >= 15 is 0 Å². The van der Waals surface area contributed by atoms with E-state index in [9.17, 15) is 4.39 Å². The minimum Gasteiger partial charge on any atom is -0.333 e. The Morgan fingerprint density at radius 1 is 1.47 bits per heavy atom. The van der Waals surface area contributed by atoms with Gasteiger partial charge in [-0.1, -0.05) is 17.7 Å². The molecule has 0 unspecified atom stereocenters. The third-order valence-electron chi connectivity index (χ3n) is 2.39. The molecule has 0 radical (unpaired) electrons. The van der Waals surface area contributed by atoms with Gasteiger partial charge in [0.2, 0.25) is 0 Å². The summed E-state index contributed by atoms with van der Waals surface area (Å²) in [5.41, 5.74) is 1.82. The Kier molecular flexibility index (Phi) is 3.76. The van der Waals surface area contributed by atoms with E-state index in [0.29, 0.717) is 6.54 Å². The first kappa shape index (κ1) is 12.1. The van der Waals surface area contributed by atoms with E-state index in [0.717, 1.165) is 17.8 Å². The van der Waals surface area contributed by atoms with Crippen LogP contribution in [0.2, 0.25) is 5.02 Å². The van der Waals surface area contributed by atoms with Crippen LogP contribution in [0.4, 0.5) is 4.39 Å². The molecule has 0 bridgehead atoms. The van der Waals surface area contributed by atoms with Gasteiger partial charge in [0.05, 0.1) is 17.0 Å². The highest BCUT2D eigenvalue weighted by molar-refractivity contribution is 6.30. The predicted octanol–water partition coefficient (Wildman–Crippen LogP) is 2.44. The standard InChI is InChI=1S/C12H13ClFN3/c1-15-5-10-7-17(8-16-10)6-9-2-3-11(13)12(14)4-9/h2-4,7-8,15H,5-6H2,1H3. The first-order valence-electron chi connectivity index (χ1n) is 5.28. The molecule has 0 spiro atoms. The molecule has 2 aromatic rings. The number of halogens is 2. The highest BCUT2D eigenvalue weighted by atomic mass is 35.5. The Hall–Kier alpha value is -1.39. The van der Waals surface area contributed by atoms with Crippen LogP contribution in [0.1, 0.15) is 11.3 Å². The highest BCUT2D eigenvalue weighted by Gasteiger charge is 2.03. The second kappa shape index (κ2) is 5.29. The molecule has 0 aliphatic carbocycles. The predicted molar refractivity (Wildman–Crippen MR) is 65.5 cm³/mol. The van der Waals surface area contributed by atoms with Crippen LogP contribution >= 0.6 is 11.6 Å². The van der Waals surface area contributed by atoms with Crippen LogP contribution in [0, 0.1) is 5.82 Å². The zero-order valence-electron chi connectivity index (χ0n) is 9.45. The van der Waals surface area contributed by atoms with Crippen molar-refractivity contribution < 1.29 is 4.39 Å². The third kappa shape index (κ3) is 3.05. The van der Waals surface area contributed by atoms with Crippen molar-refractivity contribution in [2.75, 3.05) is 7.05 Å². The monoisotopic (exact) mass is 253 g/mol. The van der Waals surface area contributed by atoms with Crippen molar-refractivity contribution in [2.45, 2.75) is 13.1 Å². The Morgan fingerprint density at radius 3 is 3.00 bits per heavy atom. The maximum Gasteiger partial charge on any atom is 0.142 e. The fourth-order valence-electron chi connectivity index (χ4n) is 1.61. The molecule has 2 rings (SSSR count). The third-order valence-corrected chi connectivity index (χ3v) is 2.70. The maximum atomic E-state index is 13.2. The molecule has 17 heavy (non-hydrogen) atoms. The SMILES string of the molecule is CNCc1cn(Cc2ccc(Cl)c(F)c2)cn1. The molecular formula is C12H13ClFN3. The Morgan fingerprint density at radius 2 is 2.29 bits per heavy atom. The lowest BCUT2D eigenvalue weighted by Crippen LogP contribution is -2.05. The number of hydrogen-bond donors (Lipinski definition) is 1. The Labute approximate surface area is 104 Å². The average molecular weight is 254 g/mol. The molecule has 0 saturated carbocycles. The maximum absolute atomic E-state index is 13.2. The van der Waals surface area contributed by atoms with E-state index in [1.54, 1.807) is 12.4 Å². The molecule has 1 aromatic carbocycles. The van der Waals surface area contributed by atoms with Crippen molar-refractivity contribution in [3.8, 4) is 0 Å². The van der Waals surface area contributed by atoms with Gasteiger partial charge in [-0.2, -0.15) is 0 Å². The zero-order valence-corrected chi connectivity index (χ0v) is 10.2. The molecule has 0 fully saturated rings. The molecule has 1 aromatic heterocycles. The summed E-state index contributed by atoms with van der Waals surface area (Å²) >= 11 is 5.63. The van der Waals surface area contributed by atoms with Gasteiger partial charge in [0.25, 0.3) is 0 Å². The molecule has 0 aliphatic rings. The minimum atomic E-state index is -0.389. The van der Waals surface area contributed by atoms with Gasteiger partial charge in [-0.05, 0) is 24.7 Å². The number of nitrogens with one attached hydrogen (secondary N) is 1. The smallest absolute Gasteiger partial charge is 0.142 e. The quantitative estimate of drug-likeness (QED) is 0.907. The lowest BCUT2D eigenvalue weighted by Gasteiger charge is -2.03. The Balaban J connectivity index is 2.11. The van der Waals surface area contributed by atoms with E-state index in [-0.39, 0.29) is 10.8 Å². The van der Waals surface area contributed by atoms with Gasteiger partial charge in [0, 0.05) is 19.3 Å². The molecule has 0 amide bonds. The Bertz CT molecular complexity index is 510. The summed E-state index contributed by atoms with van der Waals surface area (Å²) < 4.78 is 15.2. The van der Waals surface area contributed by atoms with Gasteiger partial charge in [0.1, 0.15) is 5.82 Å². The molecule has 0 atom stereocenters. The summed E-state index contributed by atoms with van der Waals surface area (Å²) in [7, 11) is 1.87. The van der Waals surface area contributed by atoms with Crippen molar-refractivity contribution in [1.29, 1.82) is 0 Å². The fourth-order valence-corrected chi connectivity index (χ4v) is 1.73. The molecule has 1 heterocycles. The van der Waals surface area contributed by atoms with Crippen LogP contribution in [0.3, 0.4) is 0 Å². The number of imidazole rings is 1. The number of nitrogens with zero attached hydrogens (tertiary/aromatic N) is 2. The number of benzene rings is 1. The summed E-state index contributed by atoms with van der Waals surface area (Å²) in [5, 5.41) is 3.17. The largest absolute Gasteiger partial charge is 0.333 e. The van der Waals surface area contributed by atoms with Gasteiger partial charge in [-0.25, -0.2) is 9.37 Å². The first-order valence-corrected chi connectivity index (χ1v) is 5.66. The van der Waals surface area contributed by atoms with E-state index < -0.39 is 0 Å². The van der Waals surface area contributed by atoms with Crippen LogP contribution in [0.15, 0.2) is 30.7 Å². The van der Waals surface area contributed by atoms with E-state index in [1.165, 1.54) is 6.07 Å². The van der Waals surface area contributed by atoms with Gasteiger partial charge in [0.15, 0.2) is 0 Å². The van der Waals surface area contributed by atoms with E-state index in [2.05, 4.69) is 10.3 Å². The normalized spacial score (nSPS) is 10.8. The van der Waals surface area contributed by atoms with Crippen LogP contribution in [-0.2, 0) is 13.1 Å². The van der Waals surface area contributed by atoms with Crippen molar-refractivity contribution in [2.24, 2.45) is 0 Å². The number of hydrogen-bond acceptors (Lipinski definition) is 2. The van der Waals surface area contributed by atoms with Crippen LogP contribution in [0.5, 0.6) is 0 Å². The minimum absolute atomic E-state index is 0.148. The average Bonchev–Trinajstić information content (AvgIpc) is 2.72. The zero-order chi connectivity index (χ0) is 12.3. The lowest BCUT2D eigenvalue weighted by molar-refractivity contribution is 0.624. The summed E-state index contributed by atoms with van der Waals surface area (Å²) in [6.07, 6.45) is 3.67. The molecule has 90 valence electrons. The van der Waals surface area contributed by atoms with Crippen molar-refractivity contribution in [3.63, 3.8) is 0 Å². The van der Waals surface area contributed by atoms with E-state index in [4.69, 9.17) is 11.6 Å². The topological polar surface area (TPSA) is 29.9 Å². The molecule has 1 N–H and O–H groups in total. The van der Waals surface area contributed by atoms with Crippen molar-refractivity contribution >= 4 is 11.6 Å². The second-order valence-corrected chi connectivity index (χ2v) is 4.22. The van der Waals surface area contributed by atoms with Gasteiger partial charge in [-0.3, -0.25) is 0 Å². The summed E-state index contributed by atoms with van der Waals surface area (Å²) in [6.45, 7) is 1.31. The summed E-state index contributed by atoms with van der Waals surface area (Å²) in [5.74, 6) is -0.389. The number of aromatic nitrogens is 2. The lowest BCUT2D eigenvalue weighted by atomic mass is 10.2. The summed E-state index contributed by atoms with van der Waals surface area (Å²) in [4.78, 5) is 4.22. The molecule has 0 saturated heterocycles. The molecule has 3 nitrogen and oxygen atoms in total. The van der Waals surface area contributed by atoms with Gasteiger partial charge in [-0.15, -0.1) is 0 Å². The van der Waals surface area contributed by atoms with Gasteiger partial charge < -0.3 is 9.88 Å². The van der Waals surface area contributed by atoms with Crippen LogP contribution in [-0.4, -0.2) is 16.6 Å². The van der Waals surface area contributed by atoms with Crippen molar-refractivity contribution in [1.82, 2.24) is 14.9 Å². The highest BCUT2D eigenvalue weighted by Crippen LogP contribution is 2.16. The van der Waals surface area contributed by atoms with Crippen LogP contribution < -0.4 is 5.32 Å². The van der Waals surface area contributed by atoms with Crippen LogP contribution in [0.25, 0.3) is 0 Å². The second-order valence-electron chi connectivity index (χ2n) is 3.82. The molecular weight excluding hydrogens is 241 g/mol. The van der Waals surface area contributed by atoms with E-state index in [1.807, 2.05) is 23.9 Å². The molecule has 0 aliphatic heterocycles. The fraction of sp³-hybridized carbons (Fsp3) is 0.250. The van der Waals surface area contributed by atoms with Gasteiger partial charge >= 0.3 is 0 Å².